The molecule has 7 heteroatoms. The van der Waals surface area contributed by atoms with E-state index in [0.29, 0.717) is 0 Å². The van der Waals surface area contributed by atoms with E-state index in [1.807, 2.05) is 0 Å². The average molecular weight is 255 g/mol. The molecule has 0 saturated heterocycles. The van der Waals surface area contributed by atoms with E-state index in [9.17, 15) is 14.4 Å². The molecule has 0 heterocycles. The molecular formula is C6H7BrO6. The Kier molecular flexibility index (Phi) is 4.39. The minimum atomic E-state index is -1.46. The molecule has 74 valence electrons. The molecule has 0 aliphatic rings. The molecule has 0 saturated carbocycles. The van der Waals surface area contributed by atoms with Gasteiger partial charge in [0.05, 0.1) is 12.3 Å². The minimum absolute atomic E-state index is 0.725. The molecule has 0 spiro atoms. The van der Waals surface area contributed by atoms with E-state index in [2.05, 4.69) is 15.9 Å². The van der Waals surface area contributed by atoms with Gasteiger partial charge >= 0.3 is 17.9 Å². The molecule has 13 heavy (non-hydrogen) atoms. The molecule has 0 aromatic rings. The van der Waals surface area contributed by atoms with Gasteiger partial charge in [-0.15, -0.1) is 0 Å². The highest BCUT2D eigenvalue weighted by Crippen LogP contribution is 2.17. The number of carboxylic acids is 3. The van der Waals surface area contributed by atoms with Crippen molar-refractivity contribution in [2.24, 2.45) is 5.92 Å². The Hall–Kier alpha value is -1.11. The summed E-state index contributed by atoms with van der Waals surface area (Å²) in [6.07, 6.45) is -0.725. The Morgan fingerprint density at radius 3 is 1.77 bits per heavy atom. The van der Waals surface area contributed by atoms with Crippen molar-refractivity contribution in [3.8, 4) is 0 Å². The van der Waals surface area contributed by atoms with Gasteiger partial charge in [-0.25, -0.2) is 0 Å². The number of halogens is 1. The van der Waals surface area contributed by atoms with Crippen LogP contribution in [-0.4, -0.2) is 38.1 Å². The van der Waals surface area contributed by atoms with Crippen molar-refractivity contribution in [2.75, 3.05) is 0 Å². The second-order valence-electron chi connectivity index (χ2n) is 2.28. The number of hydrogen-bond acceptors (Lipinski definition) is 3. The molecule has 0 aliphatic heterocycles. The lowest BCUT2D eigenvalue weighted by atomic mass is 10.0. The van der Waals surface area contributed by atoms with Gasteiger partial charge in [0.1, 0.15) is 4.83 Å². The zero-order valence-corrected chi connectivity index (χ0v) is 7.89. The molecule has 0 aromatic carbocycles. The molecule has 3 N–H and O–H groups in total. The fourth-order valence-electron chi connectivity index (χ4n) is 0.676. The maximum absolute atomic E-state index is 10.4. The Balaban J connectivity index is 4.51. The van der Waals surface area contributed by atoms with E-state index in [1.165, 1.54) is 0 Å². The van der Waals surface area contributed by atoms with E-state index < -0.39 is 35.1 Å². The average Bonchev–Trinajstić information content (AvgIpc) is 1.97. The lowest BCUT2D eigenvalue weighted by Crippen LogP contribution is -2.32. The molecule has 0 aliphatic carbocycles. The van der Waals surface area contributed by atoms with Gasteiger partial charge in [-0.3, -0.25) is 14.4 Å². The Labute approximate surface area is 81.3 Å². The predicted octanol–water partition coefficient (Wildman–Crippen LogP) is 0.0100. The number of aliphatic carboxylic acids is 3. The summed E-state index contributed by atoms with van der Waals surface area (Å²) < 4.78 is 0. The largest absolute Gasteiger partial charge is 0.481 e. The number of carbonyl (C=O) groups is 3. The van der Waals surface area contributed by atoms with Crippen LogP contribution in [0.15, 0.2) is 0 Å². The third kappa shape index (κ3) is 3.88. The highest BCUT2D eigenvalue weighted by molar-refractivity contribution is 9.10. The van der Waals surface area contributed by atoms with Crippen molar-refractivity contribution in [2.45, 2.75) is 11.2 Å². The summed E-state index contributed by atoms with van der Waals surface area (Å²) in [5.74, 6) is -5.66. The quantitative estimate of drug-likeness (QED) is 0.596. The van der Waals surface area contributed by atoms with Crippen molar-refractivity contribution < 1.29 is 29.7 Å². The van der Waals surface area contributed by atoms with E-state index in [4.69, 9.17) is 15.3 Å². The van der Waals surface area contributed by atoms with E-state index in [0.717, 1.165) is 0 Å². The Bertz CT molecular complexity index is 237. The Morgan fingerprint density at radius 2 is 1.54 bits per heavy atom. The summed E-state index contributed by atoms with van der Waals surface area (Å²) in [5.41, 5.74) is 0. The maximum atomic E-state index is 10.4. The Morgan fingerprint density at radius 1 is 1.08 bits per heavy atom. The van der Waals surface area contributed by atoms with Crippen LogP contribution in [0.3, 0.4) is 0 Å². The zero-order valence-electron chi connectivity index (χ0n) is 6.31. The first-order valence-corrected chi connectivity index (χ1v) is 4.09. The molecule has 6 nitrogen and oxygen atoms in total. The van der Waals surface area contributed by atoms with Crippen LogP contribution in [0.4, 0.5) is 0 Å². The lowest BCUT2D eigenvalue weighted by Gasteiger charge is -2.11. The predicted molar refractivity (Wildman–Crippen MR) is 43.7 cm³/mol. The fourth-order valence-corrected chi connectivity index (χ4v) is 1.09. The first kappa shape index (κ1) is 11.9. The van der Waals surface area contributed by atoms with E-state index >= 15 is 0 Å². The molecular weight excluding hydrogens is 248 g/mol. The molecule has 2 unspecified atom stereocenters. The van der Waals surface area contributed by atoms with Crippen LogP contribution >= 0.6 is 15.9 Å². The second kappa shape index (κ2) is 4.80. The third-order valence-electron chi connectivity index (χ3n) is 1.30. The number of rotatable bonds is 5. The van der Waals surface area contributed by atoms with Gasteiger partial charge < -0.3 is 15.3 Å². The van der Waals surface area contributed by atoms with Gasteiger partial charge in [0.2, 0.25) is 0 Å². The standard InChI is InChI=1S/C6H7BrO6/c7-4(6(12)13)2(5(10)11)1-3(8)9/h2,4H,1H2,(H,8,9)(H,10,11)(H,12,13). The summed E-state index contributed by atoms with van der Waals surface area (Å²) >= 11 is 2.59. The summed E-state index contributed by atoms with van der Waals surface area (Å²) in [7, 11) is 0. The minimum Gasteiger partial charge on any atom is -0.481 e. The third-order valence-corrected chi connectivity index (χ3v) is 2.33. The van der Waals surface area contributed by atoms with Crippen LogP contribution in [0.5, 0.6) is 0 Å². The van der Waals surface area contributed by atoms with Crippen molar-refractivity contribution in [1.29, 1.82) is 0 Å². The van der Waals surface area contributed by atoms with Gasteiger partial charge in [-0.1, -0.05) is 15.9 Å². The van der Waals surface area contributed by atoms with Crippen LogP contribution in [0, 0.1) is 5.92 Å². The van der Waals surface area contributed by atoms with Gasteiger partial charge in [0, 0.05) is 0 Å². The number of alkyl halides is 1. The first-order chi connectivity index (χ1) is 5.86. The summed E-state index contributed by atoms with van der Waals surface area (Å²) in [5, 5.41) is 25.2. The monoisotopic (exact) mass is 254 g/mol. The molecule has 0 radical (unpaired) electrons. The highest BCUT2D eigenvalue weighted by Gasteiger charge is 2.33. The number of hydrogen-bond donors (Lipinski definition) is 3. The molecule has 0 rings (SSSR count). The van der Waals surface area contributed by atoms with Crippen LogP contribution in [0.1, 0.15) is 6.42 Å². The van der Waals surface area contributed by atoms with Gasteiger partial charge in [-0.2, -0.15) is 0 Å². The van der Waals surface area contributed by atoms with Crippen molar-refractivity contribution in [3.63, 3.8) is 0 Å². The summed E-state index contributed by atoms with van der Waals surface area (Å²) in [6.45, 7) is 0. The molecule has 0 amide bonds. The van der Waals surface area contributed by atoms with Crippen LogP contribution in [0.25, 0.3) is 0 Å². The van der Waals surface area contributed by atoms with Gasteiger partial charge in [-0.05, 0) is 0 Å². The summed E-state index contributed by atoms with van der Waals surface area (Å²) in [6, 6.07) is 0. The topological polar surface area (TPSA) is 112 Å². The summed E-state index contributed by atoms with van der Waals surface area (Å²) in [4.78, 5) is 29.5. The van der Waals surface area contributed by atoms with Crippen LogP contribution < -0.4 is 0 Å². The molecule has 0 aromatic heterocycles. The first-order valence-electron chi connectivity index (χ1n) is 3.17. The van der Waals surface area contributed by atoms with Crippen molar-refractivity contribution in [1.82, 2.24) is 0 Å². The smallest absolute Gasteiger partial charge is 0.318 e. The molecule has 0 fully saturated rings. The zero-order chi connectivity index (χ0) is 10.6. The van der Waals surface area contributed by atoms with Crippen LogP contribution in [-0.2, 0) is 14.4 Å². The van der Waals surface area contributed by atoms with Crippen molar-refractivity contribution in [3.05, 3.63) is 0 Å². The van der Waals surface area contributed by atoms with Crippen LogP contribution in [0.2, 0.25) is 0 Å². The molecule has 2 atom stereocenters. The van der Waals surface area contributed by atoms with E-state index in [1.54, 1.807) is 0 Å². The lowest BCUT2D eigenvalue weighted by molar-refractivity contribution is -0.151. The maximum Gasteiger partial charge on any atom is 0.318 e. The molecule has 0 bridgehead atoms. The van der Waals surface area contributed by atoms with E-state index in [-0.39, 0.29) is 0 Å². The fraction of sp³-hybridized carbons (Fsp3) is 0.500. The van der Waals surface area contributed by atoms with Gasteiger partial charge in [0.15, 0.2) is 0 Å². The normalized spacial score (nSPS) is 14.5. The van der Waals surface area contributed by atoms with Gasteiger partial charge in [0.25, 0.3) is 0 Å². The van der Waals surface area contributed by atoms with Crippen molar-refractivity contribution >= 4 is 33.8 Å². The number of carboxylic acid groups (broad SMARTS) is 3. The highest BCUT2D eigenvalue weighted by atomic mass is 79.9. The SMILES string of the molecule is O=C(O)CC(C(=O)O)C(Br)C(=O)O. The second-order valence-corrected chi connectivity index (χ2v) is 3.27.